The largest absolute Gasteiger partial charge is 0.485 e. The fourth-order valence-electron chi connectivity index (χ4n) is 2.67. The van der Waals surface area contributed by atoms with Crippen molar-refractivity contribution in [3.63, 3.8) is 0 Å². The summed E-state index contributed by atoms with van der Waals surface area (Å²) in [5.74, 6) is 0.0828. The van der Waals surface area contributed by atoms with Crippen molar-refractivity contribution in [1.29, 1.82) is 0 Å². The Morgan fingerprint density at radius 2 is 1.70 bits per heavy atom. The molecule has 0 aliphatic carbocycles. The highest BCUT2D eigenvalue weighted by Crippen LogP contribution is 2.28. The van der Waals surface area contributed by atoms with Crippen LogP contribution < -0.4 is 4.74 Å². The Kier molecular flexibility index (Phi) is 5.04. The highest BCUT2D eigenvalue weighted by molar-refractivity contribution is 5.98. The molecule has 5 nitrogen and oxygen atoms in total. The standard InChI is InChI=1S/C22H22O5/c1-22(2,3)16-7-10-19-15(11-16)12-20(27-19)18(23)13-26-17-8-5-14(6-9-17)21(24)25-4/h5-12H,13H2,1-4H3. The lowest BCUT2D eigenvalue weighted by molar-refractivity contribution is 0.0600. The Morgan fingerprint density at radius 1 is 1.00 bits per heavy atom. The molecular weight excluding hydrogens is 344 g/mol. The number of carbonyl (C=O) groups is 2. The zero-order valence-electron chi connectivity index (χ0n) is 15.9. The van der Waals surface area contributed by atoms with Crippen molar-refractivity contribution >= 4 is 22.7 Å². The summed E-state index contributed by atoms with van der Waals surface area (Å²) < 4.78 is 15.8. The number of benzene rings is 2. The molecule has 0 aliphatic heterocycles. The summed E-state index contributed by atoms with van der Waals surface area (Å²) in [6.45, 7) is 6.27. The normalized spacial score (nSPS) is 11.4. The van der Waals surface area contributed by atoms with Gasteiger partial charge in [-0.3, -0.25) is 4.79 Å². The van der Waals surface area contributed by atoms with Crippen LogP contribution in [0.3, 0.4) is 0 Å². The lowest BCUT2D eigenvalue weighted by Gasteiger charge is -2.18. The molecule has 3 rings (SSSR count). The zero-order chi connectivity index (χ0) is 19.6. The van der Waals surface area contributed by atoms with Gasteiger partial charge in [0.2, 0.25) is 5.78 Å². The van der Waals surface area contributed by atoms with Crippen LogP contribution >= 0.6 is 0 Å². The number of methoxy groups -OCH3 is 1. The van der Waals surface area contributed by atoms with E-state index in [9.17, 15) is 9.59 Å². The van der Waals surface area contributed by atoms with Crippen molar-refractivity contribution in [2.24, 2.45) is 0 Å². The van der Waals surface area contributed by atoms with Crippen LogP contribution in [0.5, 0.6) is 5.75 Å². The number of rotatable bonds is 5. The van der Waals surface area contributed by atoms with Gasteiger partial charge in [0.15, 0.2) is 12.4 Å². The fraction of sp³-hybridized carbons (Fsp3) is 0.273. The predicted octanol–water partition coefficient (Wildman–Crippen LogP) is 4.78. The number of carbonyl (C=O) groups excluding carboxylic acids is 2. The monoisotopic (exact) mass is 366 g/mol. The summed E-state index contributed by atoms with van der Waals surface area (Å²) in [5.41, 5.74) is 2.29. The number of ketones is 1. The van der Waals surface area contributed by atoms with Gasteiger partial charge in [-0.1, -0.05) is 26.8 Å². The molecule has 0 aliphatic rings. The van der Waals surface area contributed by atoms with E-state index in [0.29, 0.717) is 16.9 Å². The quantitative estimate of drug-likeness (QED) is 0.480. The zero-order valence-corrected chi connectivity index (χ0v) is 15.9. The van der Waals surface area contributed by atoms with Gasteiger partial charge in [0.05, 0.1) is 12.7 Å². The highest BCUT2D eigenvalue weighted by Gasteiger charge is 2.17. The molecule has 0 saturated heterocycles. The molecule has 140 valence electrons. The number of hydrogen-bond donors (Lipinski definition) is 0. The van der Waals surface area contributed by atoms with Crippen LogP contribution in [0.4, 0.5) is 0 Å². The molecule has 1 aromatic heterocycles. The molecule has 0 saturated carbocycles. The third-order valence-electron chi connectivity index (χ3n) is 4.30. The molecule has 0 bridgehead atoms. The minimum atomic E-state index is -0.422. The Balaban J connectivity index is 1.70. The van der Waals surface area contributed by atoms with E-state index in [1.807, 2.05) is 18.2 Å². The van der Waals surface area contributed by atoms with Gasteiger partial charge in [-0.2, -0.15) is 0 Å². The van der Waals surface area contributed by atoms with E-state index in [1.54, 1.807) is 30.3 Å². The topological polar surface area (TPSA) is 65.7 Å². The van der Waals surface area contributed by atoms with Crippen molar-refractivity contribution in [2.45, 2.75) is 26.2 Å². The Labute approximate surface area is 157 Å². The molecule has 27 heavy (non-hydrogen) atoms. The summed E-state index contributed by atoms with van der Waals surface area (Å²) in [5, 5.41) is 0.896. The van der Waals surface area contributed by atoms with Crippen LogP contribution in [0, 0.1) is 0 Å². The second-order valence-corrected chi connectivity index (χ2v) is 7.34. The van der Waals surface area contributed by atoms with Gasteiger partial charge in [-0.15, -0.1) is 0 Å². The fourth-order valence-corrected chi connectivity index (χ4v) is 2.67. The van der Waals surface area contributed by atoms with E-state index in [4.69, 9.17) is 9.15 Å². The summed E-state index contributed by atoms with van der Waals surface area (Å²) in [4.78, 5) is 23.8. The molecule has 3 aromatic rings. The van der Waals surface area contributed by atoms with E-state index in [-0.39, 0.29) is 23.6 Å². The highest BCUT2D eigenvalue weighted by atomic mass is 16.5. The molecule has 0 spiro atoms. The number of fused-ring (bicyclic) bond motifs is 1. The molecule has 5 heteroatoms. The van der Waals surface area contributed by atoms with E-state index >= 15 is 0 Å². The van der Waals surface area contributed by atoms with Crippen LogP contribution in [0.2, 0.25) is 0 Å². The molecule has 0 unspecified atom stereocenters. The minimum Gasteiger partial charge on any atom is -0.485 e. The SMILES string of the molecule is COC(=O)c1ccc(OCC(=O)c2cc3cc(C(C)(C)C)ccc3o2)cc1. The predicted molar refractivity (Wildman–Crippen MR) is 103 cm³/mol. The van der Waals surface area contributed by atoms with Crippen LogP contribution in [-0.4, -0.2) is 25.5 Å². The van der Waals surface area contributed by atoms with Gasteiger partial charge in [0.25, 0.3) is 0 Å². The molecule has 0 atom stereocenters. The number of esters is 1. The maximum atomic E-state index is 12.4. The first-order chi connectivity index (χ1) is 12.8. The van der Waals surface area contributed by atoms with Crippen molar-refractivity contribution < 1.29 is 23.5 Å². The average Bonchev–Trinajstić information content (AvgIpc) is 3.08. The Bertz CT molecular complexity index is 974. The second-order valence-electron chi connectivity index (χ2n) is 7.34. The smallest absolute Gasteiger partial charge is 0.337 e. The first kappa shape index (κ1) is 18.7. The molecule has 0 radical (unpaired) electrons. The van der Waals surface area contributed by atoms with Crippen LogP contribution in [0.1, 0.15) is 47.2 Å². The van der Waals surface area contributed by atoms with Crippen molar-refractivity contribution in [3.8, 4) is 5.75 Å². The summed E-state index contributed by atoms with van der Waals surface area (Å²) in [6.07, 6.45) is 0. The maximum absolute atomic E-state index is 12.4. The van der Waals surface area contributed by atoms with Crippen molar-refractivity contribution in [2.75, 3.05) is 13.7 Å². The molecule has 2 aromatic carbocycles. The first-order valence-electron chi connectivity index (χ1n) is 8.66. The third kappa shape index (κ3) is 4.19. The minimum absolute atomic E-state index is 0.0229. The van der Waals surface area contributed by atoms with Gasteiger partial charge in [-0.05, 0) is 53.4 Å². The number of hydrogen-bond acceptors (Lipinski definition) is 5. The van der Waals surface area contributed by atoms with E-state index < -0.39 is 5.97 Å². The van der Waals surface area contributed by atoms with E-state index in [0.717, 1.165) is 5.39 Å². The average molecular weight is 366 g/mol. The Morgan fingerprint density at radius 3 is 2.33 bits per heavy atom. The molecule has 0 fully saturated rings. The van der Waals surface area contributed by atoms with Crippen LogP contribution in [0.15, 0.2) is 52.9 Å². The first-order valence-corrected chi connectivity index (χ1v) is 8.66. The maximum Gasteiger partial charge on any atom is 0.337 e. The molecule has 0 amide bonds. The second kappa shape index (κ2) is 7.27. The number of furan rings is 1. The lowest BCUT2D eigenvalue weighted by Crippen LogP contribution is -2.11. The third-order valence-corrected chi connectivity index (χ3v) is 4.30. The summed E-state index contributed by atoms with van der Waals surface area (Å²) in [6, 6.07) is 14.1. The van der Waals surface area contributed by atoms with Gasteiger partial charge in [-0.25, -0.2) is 4.79 Å². The van der Waals surface area contributed by atoms with E-state index in [2.05, 4.69) is 25.5 Å². The number of ether oxygens (including phenoxy) is 2. The van der Waals surface area contributed by atoms with Crippen LogP contribution in [0.25, 0.3) is 11.0 Å². The molecular formula is C22H22O5. The van der Waals surface area contributed by atoms with Crippen molar-refractivity contribution in [1.82, 2.24) is 0 Å². The van der Waals surface area contributed by atoms with E-state index in [1.165, 1.54) is 12.7 Å². The van der Waals surface area contributed by atoms with Gasteiger partial charge in [0.1, 0.15) is 11.3 Å². The van der Waals surface area contributed by atoms with Gasteiger partial charge < -0.3 is 13.9 Å². The summed E-state index contributed by atoms with van der Waals surface area (Å²) >= 11 is 0. The van der Waals surface area contributed by atoms with Crippen LogP contribution in [-0.2, 0) is 10.2 Å². The number of Topliss-reactive ketones (excluding diaryl/α,β-unsaturated/α-hetero) is 1. The lowest BCUT2D eigenvalue weighted by atomic mass is 9.86. The summed E-state index contributed by atoms with van der Waals surface area (Å²) in [7, 11) is 1.32. The molecule has 0 N–H and O–H groups in total. The van der Waals surface area contributed by atoms with Crippen molar-refractivity contribution in [3.05, 3.63) is 65.4 Å². The Hall–Kier alpha value is -3.08. The molecule has 1 heterocycles. The van der Waals surface area contributed by atoms with Gasteiger partial charge in [0, 0.05) is 5.39 Å². The van der Waals surface area contributed by atoms with Gasteiger partial charge >= 0.3 is 5.97 Å².